The molecule has 154 valence electrons. The van der Waals surface area contributed by atoms with Gasteiger partial charge >= 0.3 is 0 Å². The Kier molecular flexibility index (Phi) is 5.67. The minimum atomic E-state index is -0.0816. The van der Waals surface area contributed by atoms with Crippen molar-refractivity contribution >= 4 is 45.6 Å². The van der Waals surface area contributed by atoms with Crippen molar-refractivity contribution in [2.45, 2.75) is 33.1 Å². The summed E-state index contributed by atoms with van der Waals surface area (Å²) in [6.45, 7) is 3.84. The van der Waals surface area contributed by atoms with Crippen molar-refractivity contribution in [1.29, 1.82) is 0 Å². The summed E-state index contributed by atoms with van der Waals surface area (Å²) in [5.41, 5.74) is 5.19. The van der Waals surface area contributed by atoms with Crippen LogP contribution in [0.3, 0.4) is 0 Å². The van der Waals surface area contributed by atoms with E-state index in [2.05, 4.69) is 18.3 Å². The predicted octanol–water partition coefficient (Wildman–Crippen LogP) is 6.73. The number of benzene rings is 1. The maximum atomic E-state index is 11.4. The predicted molar refractivity (Wildman–Crippen MR) is 125 cm³/mol. The quantitative estimate of drug-likeness (QED) is 0.386. The number of fused-ring (bicyclic) bond motifs is 3. The molecule has 0 radical (unpaired) electrons. The van der Waals surface area contributed by atoms with E-state index in [0.29, 0.717) is 0 Å². The molecule has 0 spiro atoms. The van der Waals surface area contributed by atoms with Gasteiger partial charge in [-0.3, -0.25) is 4.79 Å². The molecule has 0 fully saturated rings. The molecule has 1 unspecified atom stereocenters. The second-order valence-electron chi connectivity index (χ2n) is 7.83. The second-order valence-corrected chi connectivity index (χ2v) is 8.91. The number of aromatic nitrogens is 1. The summed E-state index contributed by atoms with van der Waals surface area (Å²) in [5.74, 6) is 1.51. The molecule has 0 saturated heterocycles. The highest BCUT2D eigenvalue weighted by Crippen LogP contribution is 2.43. The zero-order valence-corrected chi connectivity index (χ0v) is 18.5. The van der Waals surface area contributed by atoms with Gasteiger partial charge in [0, 0.05) is 34.0 Å². The Bertz CT molecular complexity index is 1210. The molecule has 1 aromatic carbocycles. The molecule has 3 heterocycles. The van der Waals surface area contributed by atoms with Crippen LogP contribution in [0.25, 0.3) is 32.8 Å². The van der Waals surface area contributed by atoms with Crippen LogP contribution in [0.2, 0.25) is 0 Å². The third kappa shape index (κ3) is 3.75. The lowest BCUT2D eigenvalue weighted by molar-refractivity contribution is -0.114. The summed E-state index contributed by atoms with van der Waals surface area (Å²) >= 11 is 1.82. The molecule has 1 amide bonds. The van der Waals surface area contributed by atoms with Gasteiger partial charge < -0.3 is 9.73 Å². The molecule has 4 nitrogen and oxygen atoms in total. The molecule has 1 aliphatic carbocycles. The fraction of sp³-hybridized carbons (Fsp3) is 0.250. The number of thiophene rings is 1. The topological polar surface area (TPSA) is 55.1 Å². The van der Waals surface area contributed by atoms with Gasteiger partial charge in [-0.05, 0) is 61.1 Å². The van der Waals surface area contributed by atoms with E-state index in [0.717, 1.165) is 51.9 Å². The lowest BCUT2D eigenvalue weighted by atomic mass is 9.88. The van der Waals surface area contributed by atoms with Crippen molar-refractivity contribution in [3.63, 3.8) is 0 Å². The molecule has 30 heavy (non-hydrogen) atoms. The van der Waals surface area contributed by atoms with Crippen LogP contribution in [0.4, 0.5) is 5.69 Å². The highest BCUT2D eigenvalue weighted by molar-refractivity contribution is 7.19. The first-order valence-electron chi connectivity index (χ1n) is 9.95. The van der Waals surface area contributed by atoms with Gasteiger partial charge in [0.2, 0.25) is 5.91 Å². The number of pyridine rings is 1. The number of carbonyl (C=O) groups excluding carboxylic acids is 1. The Morgan fingerprint density at radius 2 is 2.10 bits per heavy atom. The van der Waals surface area contributed by atoms with Gasteiger partial charge in [0.25, 0.3) is 0 Å². The molecule has 0 bridgehead atoms. The fourth-order valence-electron chi connectivity index (χ4n) is 4.18. The highest BCUT2D eigenvalue weighted by atomic mass is 35.5. The molecule has 4 aromatic rings. The molecule has 1 atom stereocenters. The summed E-state index contributed by atoms with van der Waals surface area (Å²) in [5, 5.41) is 4.10. The van der Waals surface area contributed by atoms with Gasteiger partial charge in [-0.15, -0.1) is 23.7 Å². The Morgan fingerprint density at radius 3 is 2.87 bits per heavy atom. The van der Waals surface area contributed by atoms with Crippen LogP contribution >= 0.6 is 23.7 Å². The van der Waals surface area contributed by atoms with Crippen LogP contribution in [0.15, 0.2) is 53.1 Å². The number of amides is 1. The van der Waals surface area contributed by atoms with E-state index in [9.17, 15) is 4.79 Å². The zero-order valence-electron chi connectivity index (χ0n) is 16.9. The van der Waals surface area contributed by atoms with E-state index in [1.807, 2.05) is 47.7 Å². The maximum absolute atomic E-state index is 11.4. The standard InChI is InChI=1S/C24H22N2O2S.ClH/c1-14-8-9-18-22(11-14)29-24-23(18)19(21-7-4-10-28-21)13-20(26-24)16-5-3-6-17(12-16)25-15(2)27;/h3-7,10,12-14H,8-9,11H2,1-2H3,(H,25,27);1H. The van der Waals surface area contributed by atoms with Crippen LogP contribution in [-0.4, -0.2) is 10.9 Å². The van der Waals surface area contributed by atoms with Crippen LogP contribution in [0.5, 0.6) is 0 Å². The fourth-order valence-corrected chi connectivity index (χ4v) is 5.58. The van der Waals surface area contributed by atoms with Crippen LogP contribution in [-0.2, 0) is 17.6 Å². The van der Waals surface area contributed by atoms with E-state index < -0.39 is 0 Å². The van der Waals surface area contributed by atoms with Crippen molar-refractivity contribution in [2.24, 2.45) is 5.92 Å². The molecular formula is C24H23ClN2O2S. The van der Waals surface area contributed by atoms with Gasteiger partial charge in [0.15, 0.2) is 0 Å². The molecular weight excluding hydrogens is 416 g/mol. The monoisotopic (exact) mass is 438 g/mol. The third-order valence-corrected chi connectivity index (χ3v) is 6.68. The normalized spacial score (nSPS) is 15.5. The summed E-state index contributed by atoms with van der Waals surface area (Å²) in [4.78, 5) is 19.0. The molecule has 5 rings (SSSR count). The highest BCUT2D eigenvalue weighted by Gasteiger charge is 2.24. The molecule has 0 aliphatic heterocycles. The second kappa shape index (κ2) is 8.25. The van der Waals surface area contributed by atoms with Crippen LogP contribution in [0, 0.1) is 5.92 Å². The number of hydrogen-bond donors (Lipinski definition) is 1. The van der Waals surface area contributed by atoms with Crippen molar-refractivity contribution < 1.29 is 9.21 Å². The van der Waals surface area contributed by atoms with E-state index >= 15 is 0 Å². The van der Waals surface area contributed by atoms with Crippen LogP contribution in [0.1, 0.15) is 30.7 Å². The number of hydrogen-bond acceptors (Lipinski definition) is 4. The maximum Gasteiger partial charge on any atom is 0.221 e. The lowest BCUT2D eigenvalue weighted by Gasteiger charge is -2.18. The third-order valence-electron chi connectivity index (χ3n) is 5.53. The molecule has 3 aromatic heterocycles. The average Bonchev–Trinajstić information content (AvgIpc) is 3.34. The van der Waals surface area contributed by atoms with Crippen molar-refractivity contribution in [1.82, 2.24) is 4.98 Å². The van der Waals surface area contributed by atoms with Gasteiger partial charge in [-0.2, -0.15) is 0 Å². The molecule has 6 heteroatoms. The minimum Gasteiger partial charge on any atom is -0.464 e. The molecule has 0 saturated carbocycles. The summed E-state index contributed by atoms with van der Waals surface area (Å²) in [6, 6.07) is 13.9. The summed E-state index contributed by atoms with van der Waals surface area (Å²) < 4.78 is 5.80. The lowest BCUT2D eigenvalue weighted by Crippen LogP contribution is -2.08. The van der Waals surface area contributed by atoms with Crippen LogP contribution < -0.4 is 5.32 Å². The van der Waals surface area contributed by atoms with E-state index in [4.69, 9.17) is 9.40 Å². The van der Waals surface area contributed by atoms with Crippen molar-refractivity contribution in [3.05, 3.63) is 59.2 Å². The number of rotatable bonds is 3. The number of anilines is 1. The summed E-state index contributed by atoms with van der Waals surface area (Å²) in [7, 11) is 0. The van der Waals surface area contributed by atoms with Gasteiger partial charge in [0.1, 0.15) is 10.6 Å². The Balaban J connectivity index is 0.00000218. The number of aryl methyl sites for hydroxylation is 1. The molecule has 1 N–H and O–H groups in total. The van der Waals surface area contributed by atoms with E-state index in [1.165, 1.54) is 29.2 Å². The number of furan rings is 1. The first kappa shape index (κ1) is 20.6. The average molecular weight is 439 g/mol. The SMILES string of the molecule is CC(=O)Nc1cccc(-c2cc(-c3ccco3)c3c4c(sc3n2)CC(C)CC4)c1.Cl. The first-order valence-corrected chi connectivity index (χ1v) is 10.8. The Morgan fingerprint density at radius 1 is 1.23 bits per heavy atom. The largest absolute Gasteiger partial charge is 0.464 e. The zero-order chi connectivity index (χ0) is 20.0. The first-order chi connectivity index (χ1) is 14.1. The van der Waals surface area contributed by atoms with Gasteiger partial charge in [-0.25, -0.2) is 4.98 Å². The number of halogens is 1. The Hall–Kier alpha value is -2.63. The number of nitrogens with zero attached hydrogens (tertiary/aromatic N) is 1. The van der Waals surface area contributed by atoms with Gasteiger partial charge in [0.05, 0.1) is 12.0 Å². The van der Waals surface area contributed by atoms with Crippen molar-refractivity contribution in [3.8, 4) is 22.6 Å². The summed E-state index contributed by atoms with van der Waals surface area (Å²) in [6.07, 6.45) is 5.17. The van der Waals surface area contributed by atoms with E-state index in [1.54, 1.807) is 6.26 Å². The smallest absolute Gasteiger partial charge is 0.221 e. The molecule has 1 aliphatic rings. The Labute approximate surface area is 185 Å². The van der Waals surface area contributed by atoms with Gasteiger partial charge in [-0.1, -0.05) is 19.1 Å². The number of nitrogens with one attached hydrogen (secondary N) is 1. The minimum absolute atomic E-state index is 0. The van der Waals surface area contributed by atoms with Crippen molar-refractivity contribution in [2.75, 3.05) is 5.32 Å². The number of carbonyl (C=O) groups is 1. The van der Waals surface area contributed by atoms with E-state index in [-0.39, 0.29) is 18.3 Å².